The molecule has 1 amide bonds. The number of carbonyl (C=O) groups is 2. The minimum Gasteiger partial charge on any atom is -0.456 e. The van der Waals surface area contributed by atoms with Crippen LogP contribution in [0, 0.1) is 0 Å². The third-order valence-electron chi connectivity index (χ3n) is 0.755. The molecule has 0 aliphatic carbocycles. The van der Waals surface area contributed by atoms with Crippen molar-refractivity contribution in [3.63, 3.8) is 0 Å². The molecule has 0 saturated heterocycles. The molecule has 0 rings (SSSR count). The Bertz CT molecular complexity index is 142. The third kappa shape index (κ3) is 3.06. The van der Waals surface area contributed by atoms with Crippen LogP contribution in [0.5, 0.6) is 0 Å². The summed E-state index contributed by atoms with van der Waals surface area (Å²) in [6.45, 7) is 3.36. The van der Waals surface area contributed by atoms with Crippen LogP contribution in [0.3, 0.4) is 0 Å². The van der Waals surface area contributed by atoms with E-state index in [1.807, 2.05) is 0 Å². The lowest BCUT2D eigenvalue weighted by molar-refractivity contribution is -0.157. The molecule has 0 heterocycles. The number of hydrogen-bond donors (Lipinski definition) is 1. The van der Waals surface area contributed by atoms with Crippen LogP contribution in [0.2, 0.25) is 0 Å². The summed E-state index contributed by atoms with van der Waals surface area (Å²) >= 11 is 0. The monoisotopic (exact) mass is 145 g/mol. The Morgan fingerprint density at radius 1 is 1.40 bits per heavy atom. The van der Waals surface area contributed by atoms with Crippen LogP contribution >= 0.6 is 0 Å². The van der Waals surface area contributed by atoms with Crippen LogP contribution in [-0.4, -0.2) is 25.0 Å². The molecule has 0 aliphatic heterocycles. The average molecular weight is 145 g/mol. The van der Waals surface area contributed by atoms with Gasteiger partial charge in [0.1, 0.15) is 0 Å². The van der Waals surface area contributed by atoms with E-state index in [9.17, 15) is 9.59 Å². The van der Waals surface area contributed by atoms with Crippen LogP contribution in [-0.2, 0) is 14.3 Å². The number of ether oxygens (including phenoxy) is 1. The summed E-state index contributed by atoms with van der Waals surface area (Å²) in [6.07, 6.45) is -0.246. The summed E-state index contributed by atoms with van der Waals surface area (Å²) in [5.74, 6) is -1.55. The lowest BCUT2D eigenvalue weighted by Crippen LogP contribution is -2.30. The van der Waals surface area contributed by atoms with E-state index in [1.165, 1.54) is 7.05 Å². The minimum absolute atomic E-state index is 0.246. The van der Waals surface area contributed by atoms with Gasteiger partial charge < -0.3 is 10.1 Å². The van der Waals surface area contributed by atoms with Gasteiger partial charge in [0.2, 0.25) is 0 Å². The first-order valence-corrected chi connectivity index (χ1v) is 3.00. The fraction of sp³-hybridized carbons (Fsp3) is 0.667. The second-order valence-corrected chi connectivity index (χ2v) is 2.03. The van der Waals surface area contributed by atoms with Crippen LogP contribution in [0.25, 0.3) is 0 Å². The molecular weight excluding hydrogens is 134 g/mol. The molecule has 0 atom stereocenters. The van der Waals surface area contributed by atoms with Gasteiger partial charge in [0.15, 0.2) is 0 Å². The Kier molecular flexibility index (Phi) is 3.46. The van der Waals surface area contributed by atoms with Crippen molar-refractivity contribution in [2.24, 2.45) is 0 Å². The van der Waals surface area contributed by atoms with Gasteiger partial charge >= 0.3 is 11.9 Å². The predicted molar refractivity (Wildman–Crippen MR) is 35.3 cm³/mol. The first-order valence-electron chi connectivity index (χ1n) is 3.00. The SMILES string of the molecule is CNC(=O)C(=O)OC(C)C. The molecule has 0 aromatic rings. The number of nitrogens with one attached hydrogen (secondary N) is 1. The standard InChI is InChI=1S/C6H11NO3/c1-4(2)10-6(9)5(8)7-3/h4H,1-3H3,(H,7,8). The van der Waals surface area contributed by atoms with Crippen molar-refractivity contribution in [3.8, 4) is 0 Å². The maximum Gasteiger partial charge on any atom is 0.397 e. The van der Waals surface area contributed by atoms with Gasteiger partial charge in [-0.05, 0) is 13.8 Å². The molecule has 0 bridgehead atoms. The second kappa shape index (κ2) is 3.87. The van der Waals surface area contributed by atoms with Crippen molar-refractivity contribution in [1.29, 1.82) is 0 Å². The number of carbonyl (C=O) groups excluding carboxylic acids is 2. The topological polar surface area (TPSA) is 55.4 Å². The van der Waals surface area contributed by atoms with Gasteiger partial charge in [-0.25, -0.2) is 4.79 Å². The Labute approximate surface area is 59.6 Å². The van der Waals surface area contributed by atoms with Crippen LogP contribution < -0.4 is 5.32 Å². The summed E-state index contributed by atoms with van der Waals surface area (Å²) in [4.78, 5) is 21.0. The zero-order valence-corrected chi connectivity index (χ0v) is 6.30. The molecule has 0 aromatic carbocycles. The molecular formula is C6H11NO3. The number of likely N-dealkylation sites (N-methyl/N-ethyl adjacent to an activating group) is 1. The van der Waals surface area contributed by atoms with Gasteiger partial charge in [0.05, 0.1) is 6.10 Å². The van der Waals surface area contributed by atoms with E-state index in [0.717, 1.165) is 0 Å². The number of hydrogen-bond acceptors (Lipinski definition) is 3. The van der Waals surface area contributed by atoms with Gasteiger partial charge in [-0.15, -0.1) is 0 Å². The summed E-state index contributed by atoms with van der Waals surface area (Å²) < 4.78 is 4.55. The highest BCUT2D eigenvalue weighted by Gasteiger charge is 2.13. The Hall–Kier alpha value is -1.06. The fourth-order valence-corrected chi connectivity index (χ4v) is 0.370. The molecule has 58 valence electrons. The van der Waals surface area contributed by atoms with E-state index < -0.39 is 11.9 Å². The zero-order chi connectivity index (χ0) is 8.15. The maximum absolute atomic E-state index is 10.6. The molecule has 4 nitrogen and oxygen atoms in total. The largest absolute Gasteiger partial charge is 0.456 e. The predicted octanol–water partition coefficient (Wildman–Crippen LogP) is -0.316. The van der Waals surface area contributed by atoms with E-state index >= 15 is 0 Å². The van der Waals surface area contributed by atoms with Crippen LogP contribution in [0.15, 0.2) is 0 Å². The Balaban J connectivity index is 3.74. The van der Waals surface area contributed by atoms with Gasteiger partial charge in [-0.1, -0.05) is 0 Å². The smallest absolute Gasteiger partial charge is 0.397 e. The van der Waals surface area contributed by atoms with Gasteiger partial charge in [-0.3, -0.25) is 4.79 Å². The Morgan fingerprint density at radius 2 is 1.90 bits per heavy atom. The summed E-state index contributed by atoms with van der Waals surface area (Å²) in [5.41, 5.74) is 0. The maximum atomic E-state index is 10.6. The van der Waals surface area contributed by atoms with Gasteiger partial charge in [0.25, 0.3) is 0 Å². The highest BCUT2D eigenvalue weighted by Crippen LogP contribution is 1.87. The molecule has 0 aliphatic rings. The number of rotatable bonds is 1. The second-order valence-electron chi connectivity index (χ2n) is 2.03. The highest BCUT2D eigenvalue weighted by molar-refractivity contribution is 6.32. The lowest BCUT2D eigenvalue weighted by atomic mass is 10.5. The summed E-state index contributed by atoms with van der Waals surface area (Å²) in [5, 5.41) is 2.16. The van der Waals surface area contributed by atoms with E-state index in [0.29, 0.717) is 0 Å². The molecule has 1 N–H and O–H groups in total. The third-order valence-corrected chi connectivity index (χ3v) is 0.755. The summed E-state index contributed by atoms with van der Waals surface area (Å²) in [6, 6.07) is 0. The molecule has 0 radical (unpaired) electrons. The molecule has 10 heavy (non-hydrogen) atoms. The molecule has 4 heteroatoms. The zero-order valence-electron chi connectivity index (χ0n) is 6.30. The van der Waals surface area contributed by atoms with Crippen molar-refractivity contribution in [3.05, 3.63) is 0 Å². The van der Waals surface area contributed by atoms with E-state index in [4.69, 9.17) is 0 Å². The molecule has 0 spiro atoms. The van der Waals surface area contributed by atoms with Crippen LogP contribution in [0.1, 0.15) is 13.8 Å². The quantitative estimate of drug-likeness (QED) is 0.406. The molecule has 0 aromatic heterocycles. The molecule has 0 fully saturated rings. The van der Waals surface area contributed by atoms with Crippen molar-refractivity contribution in [1.82, 2.24) is 5.32 Å². The van der Waals surface area contributed by atoms with Crippen molar-refractivity contribution in [2.45, 2.75) is 20.0 Å². The normalized spacial score (nSPS) is 9.20. The highest BCUT2D eigenvalue weighted by atomic mass is 16.5. The first-order chi connectivity index (χ1) is 4.57. The number of amides is 1. The van der Waals surface area contributed by atoms with Crippen molar-refractivity contribution >= 4 is 11.9 Å². The van der Waals surface area contributed by atoms with Crippen molar-refractivity contribution in [2.75, 3.05) is 7.05 Å². The van der Waals surface area contributed by atoms with E-state index in [2.05, 4.69) is 10.1 Å². The molecule has 0 saturated carbocycles. The number of esters is 1. The fourth-order valence-electron chi connectivity index (χ4n) is 0.370. The van der Waals surface area contributed by atoms with E-state index in [1.54, 1.807) is 13.8 Å². The van der Waals surface area contributed by atoms with E-state index in [-0.39, 0.29) is 6.10 Å². The first kappa shape index (κ1) is 8.94. The van der Waals surface area contributed by atoms with Crippen molar-refractivity contribution < 1.29 is 14.3 Å². The Morgan fingerprint density at radius 3 is 2.20 bits per heavy atom. The van der Waals surface area contributed by atoms with Crippen LogP contribution in [0.4, 0.5) is 0 Å². The lowest BCUT2D eigenvalue weighted by Gasteiger charge is -2.05. The van der Waals surface area contributed by atoms with Gasteiger partial charge in [-0.2, -0.15) is 0 Å². The molecule has 0 unspecified atom stereocenters. The minimum atomic E-state index is -0.836. The average Bonchev–Trinajstić information content (AvgIpc) is 1.85. The van der Waals surface area contributed by atoms with Gasteiger partial charge in [0, 0.05) is 7.05 Å². The summed E-state index contributed by atoms with van der Waals surface area (Å²) in [7, 11) is 1.38.